The molecule has 0 saturated carbocycles. The van der Waals surface area contributed by atoms with E-state index in [0.717, 1.165) is 24.0 Å². The number of aryl methyl sites for hydroxylation is 1. The Morgan fingerprint density at radius 1 is 1.27 bits per heavy atom. The number of halogens is 1. The number of benzene rings is 1. The second kappa shape index (κ2) is 5.41. The zero-order valence-corrected chi connectivity index (χ0v) is 10.5. The van der Waals surface area contributed by atoms with Crippen LogP contribution in [0, 0.1) is 13.8 Å². The van der Waals surface area contributed by atoms with Crippen LogP contribution >= 0.6 is 11.6 Å². The van der Waals surface area contributed by atoms with E-state index >= 15 is 0 Å². The van der Waals surface area contributed by atoms with E-state index in [-0.39, 0.29) is 0 Å². The minimum Gasteiger partial charge on any atom is -0.508 e. The lowest BCUT2D eigenvalue weighted by Gasteiger charge is -2.14. The molecule has 0 heterocycles. The first-order valence-electron chi connectivity index (χ1n) is 5.48. The molecule has 84 valence electrons. The lowest BCUT2D eigenvalue weighted by molar-refractivity contribution is 0.469. The van der Waals surface area contributed by atoms with Crippen LogP contribution in [-0.4, -0.2) is 5.11 Å². The molecule has 2 heteroatoms. The van der Waals surface area contributed by atoms with Crippen LogP contribution in [0.5, 0.6) is 5.75 Å². The van der Waals surface area contributed by atoms with Gasteiger partial charge in [-0.25, -0.2) is 0 Å². The van der Waals surface area contributed by atoms with Crippen molar-refractivity contribution in [1.82, 2.24) is 0 Å². The Morgan fingerprint density at radius 2 is 1.93 bits per heavy atom. The van der Waals surface area contributed by atoms with Gasteiger partial charge in [-0.05, 0) is 55.0 Å². The maximum absolute atomic E-state index is 9.78. The summed E-state index contributed by atoms with van der Waals surface area (Å²) in [5.41, 5.74) is 4.48. The van der Waals surface area contributed by atoms with Gasteiger partial charge >= 0.3 is 0 Å². The lowest BCUT2D eigenvalue weighted by Crippen LogP contribution is -1.98. The molecule has 0 spiro atoms. The Labute approximate surface area is 97.1 Å². The first-order valence-corrected chi connectivity index (χ1v) is 6.02. The van der Waals surface area contributed by atoms with Crippen LogP contribution in [-0.2, 0) is 12.3 Å². The van der Waals surface area contributed by atoms with Crippen LogP contribution in [0.15, 0.2) is 6.07 Å². The van der Waals surface area contributed by atoms with Gasteiger partial charge in [-0.15, -0.1) is 11.6 Å². The fourth-order valence-corrected chi connectivity index (χ4v) is 2.24. The molecule has 0 aromatic heterocycles. The second-order valence-electron chi connectivity index (χ2n) is 4.02. The van der Waals surface area contributed by atoms with Gasteiger partial charge in [0.1, 0.15) is 5.75 Å². The first-order chi connectivity index (χ1) is 7.11. The molecule has 0 aliphatic heterocycles. The molecule has 0 unspecified atom stereocenters. The number of phenolic OH excluding ortho intramolecular Hbond substituents is 1. The average Bonchev–Trinajstić information content (AvgIpc) is 2.22. The lowest BCUT2D eigenvalue weighted by atomic mass is 9.95. The summed E-state index contributed by atoms with van der Waals surface area (Å²) in [5.74, 6) is 0.855. The Bertz CT molecular complexity index is 345. The molecule has 0 fully saturated rings. The van der Waals surface area contributed by atoms with Crippen molar-refractivity contribution in [2.24, 2.45) is 0 Å². The second-order valence-corrected chi connectivity index (χ2v) is 4.29. The number of unbranched alkanes of at least 4 members (excludes halogenated alkanes) is 1. The third kappa shape index (κ3) is 2.66. The summed E-state index contributed by atoms with van der Waals surface area (Å²) in [6.07, 6.45) is 3.36. The Balaban J connectivity index is 3.12. The minimum atomic E-state index is 0.377. The van der Waals surface area contributed by atoms with Crippen LogP contribution in [0.25, 0.3) is 0 Å². The highest BCUT2D eigenvalue weighted by atomic mass is 35.5. The van der Waals surface area contributed by atoms with Gasteiger partial charge < -0.3 is 5.11 Å². The van der Waals surface area contributed by atoms with E-state index in [2.05, 4.69) is 13.8 Å². The fourth-order valence-electron chi connectivity index (χ4n) is 1.84. The van der Waals surface area contributed by atoms with E-state index in [9.17, 15) is 5.11 Å². The van der Waals surface area contributed by atoms with Gasteiger partial charge in [0.15, 0.2) is 0 Å². The van der Waals surface area contributed by atoms with Crippen LogP contribution in [0.1, 0.15) is 42.0 Å². The number of hydrogen-bond acceptors (Lipinski definition) is 1. The molecule has 1 aromatic rings. The van der Waals surface area contributed by atoms with Gasteiger partial charge in [0.05, 0.1) is 0 Å². The fraction of sp³-hybridized carbons (Fsp3) is 0.538. The number of rotatable bonds is 4. The molecule has 0 aliphatic carbocycles. The summed E-state index contributed by atoms with van der Waals surface area (Å²) in [4.78, 5) is 0. The van der Waals surface area contributed by atoms with E-state index < -0.39 is 0 Å². The molecule has 1 aromatic carbocycles. The molecule has 1 rings (SSSR count). The number of alkyl halides is 1. The summed E-state index contributed by atoms with van der Waals surface area (Å²) in [6.45, 7) is 6.19. The van der Waals surface area contributed by atoms with Crippen molar-refractivity contribution in [3.8, 4) is 5.75 Å². The maximum atomic E-state index is 9.78. The van der Waals surface area contributed by atoms with Gasteiger partial charge in [-0.1, -0.05) is 13.3 Å². The minimum absolute atomic E-state index is 0.377. The molecular weight excluding hydrogens is 208 g/mol. The Hall–Kier alpha value is -0.690. The van der Waals surface area contributed by atoms with Gasteiger partial charge in [0.25, 0.3) is 0 Å². The smallest absolute Gasteiger partial charge is 0.119 e. The van der Waals surface area contributed by atoms with Gasteiger partial charge in [-0.2, -0.15) is 0 Å². The molecule has 1 nitrogen and oxygen atoms in total. The van der Waals surface area contributed by atoms with Gasteiger partial charge in [0.2, 0.25) is 0 Å². The van der Waals surface area contributed by atoms with E-state index in [0.29, 0.717) is 11.6 Å². The van der Waals surface area contributed by atoms with Gasteiger partial charge in [0, 0.05) is 5.88 Å². The number of hydrogen-bond donors (Lipinski definition) is 1. The normalized spacial score (nSPS) is 10.7. The zero-order valence-electron chi connectivity index (χ0n) is 9.73. The molecule has 0 amide bonds. The molecular formula is C13H19ClO. The highest BCUT2D eigenvalue weighted by molar-refractivity contribution is 6.17. The molecule has 0 radical (unpaired) electrons. The molecule has 0 saturated heterocycles. The maximum Gasteiger partial charge on any atom is 0.119 e. The SMILES string of the molecule is CCCCc1cc(O)c(C)c(CCl)c1C. The highest BCUT2D eigenvalue weighted by Crippen LogP contribution is 2.29. The van der Waals surface area contributed by atoms with Crippen LogP contribution in [0.2, 0.25) is 0 Å². The average molecular weight is 227 g/mol. The zero-order chi connectivity index (χ0) is 11.4. The standard InChI is InChI=1S/C13H19ClO/c1-4-5-6-11-7-13(15)10(3)12(8-14)9(11)2/h7,15H,4-6,8H2,1-3H3. The van der Waals surface area contributed by atoms with Crippen molar-refractivity contribution in [2.75, 3.05) is 0 Å². The van der Waals surface area contributed by atoms with E-state index in [1.807, 2.05) is 13.0 Å². The molecule has 0 bridgehead atoms. The summed E-state index contributed by atoms with van der Waals surface area (Å²) in [7, 11) is 0. The number of aromatic hydroxyl groups is 1. The molecule has 1 N–H and O–H groups in total. The third-order valence-electron chi connectivity index (χ3n) is 3.02. The van der Waals surface area contributed by atoms with Gasteiger partial charge in [-0.3, -0.25) is 0 Å². The van der Waals surface area contributed by atoms with Crippen molar-refractivity contribution in [2.45, 2.75) is 45.9 Å². The topological polar surface area (TPSA) is 20.2 Å². The largest absolute Gasteiger partial charge is 0.508 e. The van der Waals surface area contributed by atoms with Crippen molar-refractivity contribution >= 4 is 11.6 Å². The molecule has 0 aliphatic rings. The monoisotopic (exact) mass is 226 g/mol. The third-order valence-corrected chi connectivity index (χ3v) is 3.28. The van der Waals surface area contributed by atoms with Crippen LogP contribution in [0.4, 0.5) is 0 Å². The highest BCUT2D eigenvalue weighted by Gasteiger charge is 2.10. The predicted molar refractivity (Wildman–Crippen MR) is 65.7 cm³/mol. The van der Waals surface area contributed by atoms with Crippen LogP contribution < -0.4 is 0 Å². The van der Waals surface area contributed by atoms with E-state index in [1.54, 1.807) is 0 Å². The summed E-state index contributed by atoms with van der Waals surface area (Å²) in [6, 6.07) is 1.89. The van der Waals surface area contributed by atoms with Crippen LogP contribution in [0.3, 0.4) is 0 Å². The van der Waals surface area contributed by atoms with E-state index in [1.165, 1.54) is 17.5 Å². The summed E-state index contributed by atoms with van der Waals surface area (Å²) >= 11 is 5.90. The van der Waals surface area contributed by atoms with Crippen molar-refractivity contribution < 1.29 is 5.11 Å². The molecule has 0 atom stereocenters. The summed E-state index contributed by atoms with van der Waals surface area (Å²) < 4.78 is 0. The predicted octanol–water partition coefficient (Wildman–Crippen LogP) is 4.09. The molecule has 15 heavy (non-hydrogen) atoms. The quantitative estimate of drug-likeness (QED) is 0.767. The first kappa shape index (κ1) is 12.4. The van der Waals surface area contributed by atoms with E-state index in [4.69, 9.17) is 11.6 Å². The van der Waals surface area contributed by atoms with Crippen molar-refractivity contribution in [1.29, 1.82) is 0 Å². The Kier molecular flexibility index (Phi) is 4.46. The Morgan fingerprint density at radius 3 is 2.47 bits per heavy atom. The van der Waals surface area contributed by atoms with Crippen molar-refractivity contribution in [3.05, 3.63) is 28.3 Å². The number of phenols is 1. The van der Waals surface area contributed by atoms with Crippen molar-refractivity contribution in [3.63, 3.8) is 0 Å². The summed E-state index contributed by atoms with van der Waals surface area (Å²) in [5, 5.41) is 9.78.